The van der Waals surface area contributed by atoms with Gasteiger partial charge in [0.25, 0.3) is 10.0 Å². The Morgan fingerprint density at radius 2 is 1.82 bits per heavy atom. The van der Waals surface area contributed by atoms with Crippen molar-refractivity contribution >= 4 is 71.7 Å². The molecule has 1 amide bonds. The van der Waals surface area contributed by atoms with Gasteiger partial charge in [-0.3, -0.25) is 0 Å². The molecule has 0 aliphatic heterocycles. The van der Waals surface area contributed by atoms with Crippen molar-refractivity contribution in [2.24, 2.45) is 0 Å². The fourth-order valence-corrected chi connectivity index (χ4v) is 6.80. The van der Waals surface area contributed by atoms with Crippen molar-refractivity contribution in [1.29, 1.82) is 0 Å². The van der Waals surface area contributed by atoms with Gasteiger partial charge in [-0.15, -0.1) is 11.3 Å². The van der Waals surface area contributed by atoms with Gasteiger partial charge < -0.3 is 15.4 Å². The van der Waals surface area contributed by atoms with Crippen LogP contribution in [0.2, 0.25) is 5.02 Å². The molecule has 5 rings (SSSR count). The number of ether oxygens (including phenoxy) is 1. The van der Waals surface area contributed by atoms with E-state index in [0.29, 0.717) is 38.4 Å². The molecule has 40 heavy (non-hydrogen) atoms. The van der Waals surface area contributed by atoms with Gasteiger partial charge in [-0.2, -0.15) is 0 Å². The van der Waals surface area contributed by atoms with Crippen molar-refractivity contribution in [2.75, 3.05) is 11.9 Å². The number of anilines is 2. The van der Waals surface area contributed by atoms with Crippen molar-refractivity contribution in [1.82, 2.24) is 14.3 Å². The summed E-state index contributed by atoms with van der Waals surface area (Å²) in [5.74, 6) is 0. The molecule has 5 aromatic rings. The van der Waals surface area contributed by atoms with Crippen LogP contribution < -0.4 is 10.6 Å². The van der Waals surface area contributed by atoms with Gasteiger partial charge in [0, 0.05) is 39.6 Å². The van der Waals surface area contributed by atoms with Crippen LogP contribution in [-0.2, 0) is 21.2 Å². The zero-order chi connectivity index (χ0) is 28.7. The maximum atomic E-state index is 14.2. The number of nitrogens with one attached hydrogen (secondary N) is 2. The Morgan fingerprint density at radius 1 is 1.07 bits per heavy atom. The molecule has 0 radical (unpaired) electrons. The van der Waals surface area contributed by atoms with E-state index in [0.717, 1.165) is 16.8 Å². The summed E-state index contributed by atoms with van der Waals surface area (Å²) in [5.41, 5.74) is 2.81. The summed E-state index contributed by atoms with van der Waals surface area (Å²) >= 11 is 7.85. The number of carbonyl (C=O) groups excluding carboxylic acids is 1. The van der Waals surface area contributed by atoms with Crippen molar-refractivity contribution in [3.63, 3.8) is 0 Å². The predicted octanol–water partition coefficient (Wildman–Crippen LogP) is 7.26. The topological polar surface area (TPSA) is 102 Å². The Kier molecular flexibility index (Phi) is 7.52. The third kappa shape index (κ3) is 5.79. The number of carbonyl (C=O) groups is 1. The van der Waals surface area contributed by atoms with Crippen LogP contribution >= 0.6 is 22.9 Å². The quantitative estimate of drug-likeness (QED) is 0.205. The van der Waals surface area contributed by atoms with E-state index in [9.17, 15) is 13.2 Å². The molecular weight excluding hydrogens is 568 g/mol. The summed E-state index contributed by atoms with van der Waals surface area (Å²) in [6.45, 7) is 7.53. The number of benzene rings is 3. The maximum absolute atomic E-state index is 14.2. The number of aryl methyl sites for hydroxylation is 1. The summed E-state index contributed by atoms with van der Waals surface area (Å²) in [4.78, 5) is 16.8. The molecular formula is C29H29ClN4O4S2. The molecule has 0 spiro atoms. The monoisotopic (exact) mass is 596 g/mol. The second-order valence-electron chi connectivity index (χ2n) is 10.4. The Labute approximate surface area is 242 Å². The number of amides is 1. The summed E-state index contributed by atoms with van der Waals surface area (Å²) in [6.07, 6.45) is 1.51. The SMILES string of the molecule is Cc1ccc(S(=O)(=O)n2c3ccc(Cl)cc3c3cc(Nc4nccs4)cc(CCNC(=O)OC(C)(C)C)c32)cc1. The van der Waals surface area contributed by atoms with E-state index in [1.807, 2.05) is 24.4 Å². The highest BCUT2D eigenvalue weighted by Gasteiger charge is 2.26. The summed E-state index contributed by atoms with van der Waals surface area (Å²) in [6, 6.07) is 15.8. The number of hydrogen-bond acceptors (Lipinski definition) is 7. The second-order valence-corrected chi connectivity index (χ2v) is 13.5. The van der Waals surface area contributed by atoms with Crippen LogP contribution in [0.25, 0.3) is 21.8 Å². The lowest BCUT2D eigenvalue weighted by atomic mass is 10.0. The number of thiazole rings is 1. The molecule has 0 aliphatic carbocycles. The fraction of sp³-hybridized carbons (Fsp3) is 0.241. The second kappa shape index (κ2) is 10.8. The standard InChI is InChI=1S/C29H29ClN4O4S2/c1-18-5-8-22(9-6-18)40(36,37)34-25-10-7-20(30)16-23(25)24-17-21(33-27-31-13-14-39-27)15-19(26(24)34)11-12-32-28(35)38-29(2,3)4/h5-10,13-17H,11-12H2,1-4H3,(H,31,33)(H,32,35). The zero-order valence-electron chi connectivity index (χ0n) is 22.5. The first-order chi connectivity index (χ1) is 18.9. The highest BCUT2D eigenvalue weighted by molar-refractivity contribution is 7.90. The Bertz CT molecular complexity index is 1810. The molecule has 0 bridgehead atoms. The summed E-state index contributed by atoms with van der Waals surface area (Å²) in [5, 5.41) is 10.6. The molecule has 0 fully saturated rings. The molecule has 0 saturated carbocycles. The molecule has 0 atom stereocenters. The van der Waals surface area contributed by atoms with E-state index in [-0.39, 0.29) is 11.4 Å². The normalized spacial score (nSPS) is 12.1. The van der Waals surface area contributed by atoms with Crippen molar-refractivity contribution < 1.29 is 17.9 Å². The van der Waals surface area contributed by atoms with Crippen LogP contribution in [0.3, 0.4) is 0 Å². The minimum Gasteiger partial charge on any atom is -0.444 e. The van der Waals surface area contributed by atoms with Gasteiger partial charge in [0.15, 0.2) is 5.13 Å². The lowest BCUT2D eigenvalue weighted by Gasteiger charge is -2.20. The van der Waals surface area contributed by atoms with Gasteiger partial charge in [0.2, 0.25) is 0 Å². The van der Waals surface area contributed by atoms with Gasteiger partial charge in [0.1, 0.15) is 5.60 Å². The molecule has 2 N–H and O–H groups in total. The molecule has 0 aliphatic rings. The zero-order valence-corrected chi connectivity index (χ0v) is 24.9. The number of halogens is 1. The fourth-order valence-electron chi connectivity index (χ4n) is 4.51. The number of rotatable bonds is 7. The molecule has 2 aromatic heterocycles. The Balaban J connectivity index is 1.70. The predicted molar refractivity (Wildman–Crippen MR) is 162 cm³/mol. The van der Waals surface area contributed by atoms with Crippen LogP contribution in [0.1, 0.15) is 31.9 Å². The van der Waals surface area contributed by atoms with E-state index in [1.54, 1.807) is 69.4 Å². The van der Waals surface area contributed by atoms with Gasteiger partial charge >= 0.3 is 6.09 Å². The smallest absolute Gasteiger partial charge is 0.407 e. The van der Waals surface area contributed by atoms with E-state index < -0.39 is 21.7 Å². The number of fused-ring (bicyclic) bond motifs is 3. The minimum absolute atomic E-state index is 0.176. The van der Waals surface area contributed by atoms with Crippen LogP contribution in [0.5, 0.6) is 0 Å². The largest absolute Gasteiger partial charge is 0.444 e. The van der Waals surface area contributed by atoms with E-state index >= 15 is 0 Å². The van der Waals surface area contributed by atoms with Gasteiger partial charge in [-0.05, 0) is 82.1 Å². The van der Waals surface area contributed by atoms with Crippen molar-refractivity contribution in [2.45, 2.75) is 44.6 Å². The van der Waals surface area contributed by atoms with Gasteiger partial charge in [-0.1, -0.05) is 29.3 Å². The Hall–Kier alpha value is -3.60. The first kappa shape index (κ1) is 27.9. The molecule has 0 unspecified atom stereocenters. The highest BCUT2D eigenvalue weighted by Crippen LogP contribution is 2.38. The Morgan fingerprint density at radius 3 is 2.50 bits per heavy atom. The summed E-state index contributed by atoms with van der Waals surface area (Å²) in [7, 11) is -4.00. The first-order valence-corrected chi connectivity index (χ1v) is 15.3. The van der Waals surface area contributed by atoms with E-state index in [2.05, 4.69) is 15.6 Å². The van der Waals surface area contributed by atoms with E-state index in [1.165, 1.54) is 15.3 Å². The van der Waals surface area contributed by atoms with Crippen molar-refractivity contribution in [3.05, 3.63) is 82.3 Å². The first-order valence-electron chi connectivity index (χ1n) is 12.6. The molecule has 2 heterocycles. The third-order valence-electron chi connectivity index (χ3n) is 6.16. The molecule has 3 aromatic carbocycles. The van der Waals surface area contributed by atoms with E-state index in [4.69, 9.17) is 16.3 Å². The van der Waals surface area contributed by atoms with Crippen LogP contribution in [-0.4, -0.2) is 35.6 Å². The number of alkyl carbamates (subject to hydrolysis) is 1. The lowest BCUT2D eigenvalue weighted by molar-refractivity contribution is 0.0528. The lowest BCUT2D eigenvalue weighted by Crippen LogP contribution is -2.33. The van der Waals surface area contributed by atoms with Crippen LogP contribution in [0.15, 0.2) is 71.1 Å². The van der Waals surface area contributed by atoms with Gasteiger partial charge in [-0.25, -0.2) is 22.2 Å². The third-order valence-corrected chi connectivity index (χ3v) is 8.82. The summed E-state index contributed by atoms with van der Waals surface area (Å²) < 4.78 is 35.1. The number of aromatic nitrogens is 2. The van der Waals surface area contributed by atoms with Gasteiger partial charge in [0.05, 0.1) is 15.9 Å². The number of nitrogens with zero attached hydrogens (tertiary/aromatic N) is 2. The highest BCUT2D eigenvalue weighted by atomic mass is 35.5. The van der Waals surface area contributed by atoms with Crippen LogP contribution in [0, 0.1) is 6.92 Å². The molecule has 0 saturated heterocycles. The maximum Gasteiger partial charge on any atom is 0.407 e. The number of hydrogen-bond donors (Lipinski definition) is 2. The molecule has 8 nitrogen and oxygen atoms in total. The average molecular weight is 597 g/mol. The minimum atomic E-state index is -4.00. The van der Waals surface area contributed by atoms with Crippen LogP contribution in [0.4, 0.5) is 15.6 Å². The molecule has 208 valence electrons. The molecule has 11 heteroatoms. The van der Waals surface area contributed by atoms with Crippen molar-refractivity contribution in [3.8, 4) is 0 Å². The average Bonchev–Trinajstić information content (AvgIpc) is 3.49.